The fourth-order valence-electron chi connectivity index (χ4n) is 3.89. The number of hydrogen-bond donors (Lipinski definition) is 4. The van der Waals surface area contributed by atoms with Gasteiger partial charge in [0.25, 0.3) is 0 Å². The van der Waals surface area contributed by atoms with Crippen molar-refractivity contribution in [2.75, 3.05) is 31.2 Å². The number of carbonyl (C=O) groups is 2. The molecule has 1 aromatic heterocycles. The van der Waals surface area contributed by atoms with Gasteiger partial charge in [-0.2, -0.15) is 0 Å². The standard InChI is InChI=1S/C21H22FN3O6/c22-13-3-1-11(2-4-13)7-12-8-24-16-17-19(12)31-14(10-27)9-25(17)21(30)15(18(16)28)20(29)23-5-6-26/h1-4,8,14-15,18,26-28H,5-7,9-10H2,(H,23,29). The second kappa shape index (κ2) is 8.58. The maximum absolute atomic E-state index is 13.2. The Hall–Kier alpha value is -3.08. The summed E-state index contributed by atoms with van der Waals surface area (Å²) in [5.41, 5.74) is 1.77. The number of hydrogen-bond acceptors (Lipinski definition) is 7. The third-order valence-electron chi connectivity index (χ3n) is 5.38. The molecule has 3 unspecified atom stereocenters. The maximum Gasteiger partial charge on any atom is 0.242 e. The molecule has 0 spiro atoms. The molecular weight excluding hydrogens is 409 g/mol. The van der Waals surface area contributed by atoms with Crippen LogP contribution in [0.1, 0.15) is 22.9 Å². The van der Waals surface area contributed by atoms with Crippen LogP contribution in [-0.2, 0) is 16.0 Å². The molecule has 0 saturated carbocycles. The van der Waals surface area contributed by atoms with Gasteiger partial charge in [-0.1, -0.05) is 12.1 Å². The minimum Gasteiger partial charge on any atom is -0.484 e. The number of nitrogens with one attached hydrogen (secondary N) is 1. The normalized spacial score (nSPS) is 22.0. The van der Waals surface area contributed by atoms with Crippen LogP contribution in [0.3, 0.4) is 0 Å². The van der Waals surface area contributed by atoms with E-state index < -0.39 is 29.9 Å². The van der Waals surface area contributed by atoms with Gasteiger partial charge in [-0.05, 0) is 17.7 Å². The lowest BCUT2D eigenvalue weighted by molar-refractivity contribution is -0.140. The molecule has 3 heterocycles. The number of pyridine rings is 1. The van der Waals surface area contributed by atoms with E-state index in [1.807, 2.05) is 0 Å². The Morgan fingerprint density at radius 2 is 2.03 bits per heavy atom. The van der Waals surface area contributed by atoms with Gasteiger partial charge in [-0.3, -0.25) is 14.6 Å². The van der Waals surface area contributed by atoms with Crippen molar-refractivity contribution in [3.63, 3.8) is 0 Å². The summed E-state index contributed by atoms with van der Waals surface area (Å²) in [5, 5.41) is 31.8. The second-order valence-electron chi connectivity index (χ2n) is 7.46. The quantitative estimate of drug-likeness (QED) is 0.461. The minimum atomic E-state index is -1.50. The summed E-state index contributed by atoms with van der Waals surface area (Å²) in [5.74, 6) is -2.86. The number of amides is 2. The van der Waals surface area contributed by atoms with E-state index in [1.165, 1.54) is 23.2 Å². The van der Waals surface area contributed by atoms with E-state index in [2.05, 4.69) is 10.3 Å². The molecule has 31 heavy (non-hydrogen) atoms. The third-order valence-corrected chi connectivity index (χ3v) is 5.38. The number of benzene rings is 1. The van der Waals surface area contributed by atoms with Crippen molar-refractivity contribution in [3.8, 4) is 5.75 Å². The predicted octanol–water partition coefficient (Wildman–Crippen LogP) is -0.330. The fourth-order valence-corrected chi connectivity index (χ4v) is 3.89. The number of carbonyl (C=O) groups excluding carboxylic acids is 2. The Morgan fingerprint density at radius 1 is 1.29 bits per heavy atom. The van der Waals surface area contributed by atoms with Gasteiger partial charge in [0.15, 0.2) is 5.75 Å². The number of rotatable bonds is 6. The van der Waals surface area contributed by atoms with E-state index in [0.717, 1.165) is 5.56 Å². The van der Waals surface area contributed by atoms with Crippen molar-refractivity contribution in [2.45, 2.75) is 18.6 Å². The Morgan fingerprint density at radius 3 is 2.71 bits per heavy atom. The summed E-state index contributed by atoms with van der Waals surface area (Å²) in [6.07, 6.45) is -0.413. The second-order valence-corrected chi connectivity index (χ2v) is 7.46. The van der Waals surface area contributed by atoms with Crippen LogP contribution in [0.5, 0.6) is 5.75 Å². The van der Waals surface area contributed by atoms with Gasteiger partial charge < -0.3 is 30.3 Å². The van der Waals surface area contributed by atoms with Gasteiger partial charge in [0.2, 0.25) is 11.8 Å². The summed E-state index contributed by atoms with van der Waals surface area (Å²) >= 11 is 0. The average Bonchev–Trinajstić information content (AvgIpc) is 2.77. The summed E-state index contributed by atoms with van der Waals surface area (Å²) in [6.45, 7) is -0.729. The van der Waals surface area contributed by atoms with Gasteiger partial charge in [-0.25, -0.2) is 4.39 Å². The van der Waals surface area contributed by atoms with E-state index >= 15 is 0 Å². The van der Waals surface area contributed by atoms with Crippen molar-refractivity contribution in [2.24, 2.45) is 5.92 Å². The van der Waals surface area contributed by atoms with Crippen LogP contribution in [0.25, 0.3) is 0 Å². The molecule has 4 N–H and O–H groups in total. The molecule has 164 valence electrons. The van der Waals surface area contributed by atoms with Crippen molar-refractivity contribution < 1.29 is 34.0 Å². The first-order chi connectivity index (χ1) is 14.9. The van der Waals surface area contributed by atoms with Crippen LogP contribution in [0.2, 0.25) is 0 Å². The van der Waals surface area contributed by atoms with Crippen LogP contribution in [-0.4, -0.2) is 64.5 Å². The number of ether oxygens (including phenoxy) is 1. The summed E-state index contributed by atoms with van der Waals surface area (Å²) in [7, 11) is 0. The smallest absolute Gasteiger partial charge is 0.242 e. The van der Waals surface area contributed by atoms with E-state index in [0.29, 0.717) is 17.7 Å². The Bertz CT molecular complexity index is 999. The van der Waals surface area contributed by atoms with E-state index in [-0.39, 0.29) is 43.5 Å². The molecule has 2 aliphatic heterocycles. The first-order valence-corrected chi connectivity index (χ1v) is 9.86. The Balaban J connectivity index is 1.76. The first kappa shape index (κ1) is 21.2. The highest BCUT2D eigenvalue weighted by Crippen LogP contribution is 2.47. The largest absolute Gasteiger partial charge is 0.484 e. The van der Waals surface area contributed by atoms with Crippen LogP contribution >= 0.6 is 0 Å². The number of aliphatic hydroxyl groups excluding tert-OH is 3. The molecular formula is C21H22FN3O6. The number of anilines is 1. The minimum absolute atomic E-state index is 0.00643. The summed E-state index contributed by atoms with van der Waals surface area (Å²) < 4.78 is 19.1. The van der Waals surface area contributed by atoms with Crippen molar-refractivity contribution in [1.29, 1.82) is 0 Å². The van der Waals surface area contributed by atoms with Gasteiger partial charge >= 0.3 is 0 Å². The van der Waals surface area contributed by atoms with Crippen LogP contribution in [0.4, 0.5) is 10.1 Å². The van der Waals surface area contributed by atoms with Crippen LogP contribution < -0.4 is 15.0 Å². The lowest BCUT2D eigenvalue weighted by atomic mass is 9.88. The Labute approximate surface area is 177 Å². The molecule has 0 aliphatic carbocycles. The molecule has 3 atom stereocenters. The molecule has 0 fully saturated rings. The lowest BCUT2D eigenvalue weighted by Crippen LogP contribution is -2.55. The summed E-state index contributed by atoms with van der Waals surface area (Å²) in [4.78, 5) is 31.2. The lowest BCUT2D eigenvalue weighted by Gasteiger charge is -2.42. The highest BCUT2D eigenvalue weighted by molar-refractivity contribution is 6.11. The van der Waals surface area contributed by atoms with Crippen molar-refractivity contribution >= 4 is 17.5 Å². The van der Waals surface area contributed by atoms with Crippen molar-refractivity contribution in [1.82, 2.24) is 10.3 Å². The molecule has 10 heteroatoms. The molecule has 2 amide bonds. The van der Waals surface area contributed by atoms with Gasteiger partial charge in [-0.15, -0.1) is 0 Å². The van der Waals surface area contributed by atoms with E-state index in [1.54, 1.807) is 12.1 Å². The zero-order valence-corrected chi connectivity index (χ0v) is 16.5. The van der Waals surface area contributed by atoms with Crippen LogP contribution in [0, 0.1) is 11.7 Å². The maximum atomic E-state index is 13.2. The number of aromatic nitrogens is 1. The third kappa shape index (κ3) is 3.85. The number of aliphatic hydroxyl groups is 3. The summed E-state index contributed by atoms with van der Waals surface area (Å²) in [6, 6.07) is 5.90. The van der Waals surface area contributed by atoms with Gasteiger partial charge in [0.05, 0.1) is 25.5 Å². The molecule has 0 radical (unpaired) electrons. The molecule has 0 bridgehead atoms. The monoisotopic (exact) mass is 431 g/mol. The topological polar surface area (TPSA) is 132 Å². The zero-order valence-electron chi connectivity index (χ0n) is 16.5. The van der Waals surface area contributed by atoms with Gasteiger partial charge in [0, 0.05) is 24.7 Å². The van der Waals surface area contributed by atoms with E-state index in [9.17, 15) is 24.2 Å². The molecule has 0 saturated heterocycles. The molecule has 4 rings (SSSR count). The highest BCUT2D eigenvalue weighted by atomic mass is 19.1. The van der Waals surface area contributed by atoms with Crippen molar-refractivity contribution in [3.05, 3.63) is 53.1 Å². The average molecular weight is 431 g/mol. The highest BCUT2D eigenvalue weighted by Gasteiger charge is 2.48. The first-order valence-electron chi connectivity index (χ1n) is 9.86. The zero-order chi connectivity index (χ0) is 22.1. The molecule has 9 nitrogen and oxygen atoms in total. The fraction of sp³-hybridized carbons (Fsp3) is 0.381. The molecule has 2 aromatic rings. The van der Waals surface area contributed by atoms with Gasteiger partial charge in [0.1, 0.15) is 29.6 Å². The number of halogens is 1. The molecule has 1 aromatic carbocycles. The molecule has 2 aliphatic rings. The van der Waals surface area contributed by atoms with Crippen LogP contribution in [0.15, 0.2) is 30.5 Å². The van der Waals surface area contributed by atoms with E-state index in [4.69, 9.17) is 9.84 Å². The SMILES string of the molecule is O=C(NCCO)C1C(=O)N2CC(CO)Oc3c(Cc4ccc(F)cc4)cnc(c32)C1O. The Kier molecular flexibility index (Phi) is 5.86. The predicted molar refractivity (Wildman–Crippen MR) is 106 cm³/mol. The number of nitrogens with zero attached hydrogens (tertiary/aromatic N) is 2.